The van der Waals surface area contributed by atoms with Crippen LogP contribution in [-0.4, -0.2) is 9.97 Å². The molecule has 6 heteroatoms. The maximum atomic E-state index is 6.06. The third-order valence-electron chi connectivity index (χ3n) is 2.00. The molecule has 88 valence electrons. The minimum atomic E-state index is 0.546. The van der Waals surface area contributed by atoms with E-state index in [4.69, 9.17) is 23.2 Å². The number of hydrogen-bond acceptors (Lipinski definition) is 3. The fourth-order valence-corrected chi connectivity index (χ4v) is 2.25. The van der Waals surface area contributed by atoms with Gasteiger partial charge in [-0.3, -0.25) is 0 Å². The Morgan fingerprint density at radius 1 is 1.18 bits per heavy atom. The smallest absolute Gasteiger partial charge is 0.135 e. The molecule has 0 aliphatic heterocycles. The normalized spacial score (nSPS) is 10.4. The molecule has 2 aromatic rings. The average molecular weight is 333 g/mol. The topological polar surface area (TPSA) is 37.8 Å². The molecule has 0 saturated carbocycles. The van der Waals surface area contributed by atoms with E-state index in [0.29, 0.717) is 21.7 Å². The van der Waals surface area contributed by atoms with Gasteiger partial charge in [-0.25, -0.2) is 9.97 Å². The SMILES string of the molecule is Cc1nc(Br)cc(Nc2ccc(Cl)cc2Cl)n1. The van der Waals surface area contributed by atoms with Crippen LogP contribution in [0.4, 0.5) is 11.5 Å². The highest BCUT2D eigenvalue weighted by Crippen LogP contribution is 2.28. The molecule has 1 N–H and O–H groups in total. The third-order valence-corrected chi connectivity index (χ3v) is 2.95. The molecule has 0 aliphatic carbocycles. The highest BCUT2D eigenvalue weighted by Gasteiger charge is 2.04. The number of aromatic nitrogens is 2. The van der Waals surface area contributed by atoms with Crippen molar-refractivity contribution in [2.45, 2.75) is 6.92 Å². The molecule has 0 unspecified atom stereocenters. The number of nitrogens with zero attached hydrogens (tertiary/aromatic N) is 2. The van der Waals surface area contributed by atoms with Crippen molar-refractivity contribution in [2.75, 3.05) is 5.32 Å². The number of hydrogen-bond donors (Lipinski definition) is 1. The highest BCUT2D eigenvalue weighted by atomic mass is 79.9. The van der Waals surface area contributed by atoms with Crippen LogP contribution in [-0.2, 0) is 0 Å². The third kappa shape index (κ3) is 3.31. The fourth-order valence-electron chi connectivity index (χ4n) is 1.32. The van der Waals surface area contributed by atoms with Crippen LogP contribution in [0.25, 0.3) is 0 Å². The zero-order valence-electron chi connectivity index (χ0n) is 8.84. The summed E-state index contributed by atoms with van der Waals surface area (Å²) in [6.07, 6.45) is 0. The zero-order chi connectivity index (χ0) is 12.4. The summed E-state index contributed by atoms with van der Waals surface area (Å²) in [7, 11) is 0. The zero-order valence-corrected chi connectivity index (χ0v) is 11.9. The first-order valence-electron chi connectivity index (χ1n) is 4.78. The lowest BCUT2D eigenvalue weighted by atomic mass is 10.3. The Kier molecular flexibility index (Phi) is 3.86. The molecule has 0 amide bonds. The van der Waals surface area contributed by atoms with Crippen LogP contribution < -0.4 is 5.32 Å². The maximum absolute atomic E-state index is 6.06. The molecule has 0 atom stereocenters. The Morgan fingerprint density at radius 2 is 1.94 bits per heavy atom. The molecule has 0 bridgehead atoms. The van der Waals surface area contributed by atoms with E-state index in [9.17, 15) is 0 Å². The van der Waals surface area contributed by atoms with Crippen molar-refractivity contribution in [3.63, 3.8) is 0 Å². The number of rotatable bonds is 2. The van der Waals surface area contributed by atoms with Crippen LogP contribution >= 0.6 is 39.1 Å². The van der Waals surface area contributed by atoms with Crippen LogP contribution in [0.5, 0.6) is 0 Å². The van der Waals surface area contributed by atoms with Crippen molar-refractivity contribution in [1.82, 2.24) is 9.97 Å². The second kappa shape index (κ2) is 5.21. The molecule has 0 aliphatic rings. The lowest BCUT2D eigenvalue weighted by molar-refractivity contribution is 1.04. The quantitative estimate of drug-likeness (QED) is 0.817. The van der Waals surface area contributed by atoms with Crippen LogP contribution in [0.1, 0.15) is 5.82 Å². The van der Waals surface area contributed by atoms with Crippen molar-refractivity contribution in [2.24, 2.45) is 0 Å². The van der Waals surface area contributed by atoms with E-state index in [2.05, 4.69) is 31.2 Å². The summed E-state index contributed by atoms with van der Waals surface area (Å²) in [5.41, 5.74) is 0.751. The van der Waals surface area contributed by atoms with Gasteiger partial charge in [0.15, 0.2) is 0 Å². The molecule has 1 aromatic carbocycles. The van der Waals surface area contributed by atoms with E-state index in [1.165, 1.54) is 0 Å². The summed E-state index contributed by atoms with van der Waals surface area (Å²) in [5.74, 6) is 1.35. The first-order chi connectivity index (χ1) is 8.04. The number of nitrogens with one attached hydrogen (secondary N) is 1. The molecule has 3 nitrogen and oxygen atoms in total. The fraction of sp³-hybridized carbons (Fsp3) is 0.0909. The Hall–Kier alpha value is -0.840. The van der Waals surface area contributed by atoms with Crippen LogP contribution in [0.15, 0.2) is 28.9 Å². The van der Waals surface area contributed by atoms with Crippen molar-refractivity contribution in [1.29, 1.82) is 0 Å². The van der Waals surface area contributed by atoms with E-state index in [1.807, 2.05) is 6.92 Å². The van der Waals surface area contributed by atoms with Gasteiger partial charge in [0.05, 0.1) is 10.7 Å². The first kappa shape index (κ1) is 12.6. The van der Waals surface area contributed by atoms with Gasteiger partial charge in [0.1, 0.15) is 16.2 Å². The summed E-state index contributed by atoms with van der Waals surface area (Å²) in [6, 6.07) is 7.02. The summed E-state index contributed by atoms with van der Waals surface area (Å²) in [5, 5.41) is 4.25. The molecule has 0 spiro atoms. The van der Waals surface area contributed by atoms with Crippen LogP contribution in [0.3, 0.4) is 0 Å². The summed E-state index contributed by atoms with van der Waals surface area (Å²) in [6.45, 7) is 1.82. The van der Waals surface area contributed by atoms with E-state index < -0.39 is 0 Å². The number of halogens is 3. The van der Waals surface area contributed by atoms with Gasteiger partial charge in [-0.05, 0) is 41.1 Å². The van der Waals surface area contributed by atoms with Crippen molar-refractivity contribution >= 4 is 50.6 Å². The molecular formula is C11H8BrCl2N3. The molecule has 1 aromatic heterocycles. The summed E-state index contributed by atoms with van der Waals surface area (Å²) < 4.78 is 0.720. The van der Waals surface area contributed by atoms with Gasteiger partial charge in [0, 0.05) is 11.1 Å². The molecule has 2 rings (SSSR count). The number of anilines is 2. The monoisotopic (exact) mass is 331 g/mol. The van der Waals surface area contributed by atoms with Gasteiger partial charge >= 0.3 is 0 Å². The average Bonchev–Trinajstić information content (AvgIpc) is 2.21. The first-order valence-corrected chi connectivity index (χ1v) is 6.33. The molecule has 1 heterocycles. The molecule has 0 fully saturated rings. The number of benzene rings is 1. The van der Waals surface area contributed by atoms with Crippen molar-refractivity contribution in [3.05, 3.63) is 44.7 Å². The Morgan fingerprint density at radius 3 is 2.59 bits per heavy atom. The van der Waals surface area contributed by atoms with Gasteiger partial charge in [-0.1, -0.05) is 23.2 Å². The minimum absolute atomic E-state index is 0.546. The largest absolute Gasteiger partial charge is 0.339 e. The second-order valence-electron chi connectivity index (χ2n) is 3.37. The molecule has 0 saturated heterocycles. The van der Waals surface area contributed by atoms with Gasteiger partial charge in [0.2, 0.25) is 0 Å². The predicted octanol–water partition coefficient (Wildman–Crippen LogP) is 4.60. The summed E-state index contributed by atoms with van der Waals surface area (Å²) in [4.78, 5) is 8.37. The van der Waals surface area contributed by atoms with Gasteiger partial charge in [-0.2, -0.15) is 0 Å². The Balaban J connectivity index is 2.31. The predicted molar refractivity (Wildman–Crippen MR) is 74.2 cm³/mol. The van der Waals surface area contributed by atoms with Gasteiger partial charge in [0.25, 0.3) is 0 Å². The number of aryl methyl sites for hydroxylation is 1. The highest BCUT2D eigenvalue weighted by molar-refractivity contribution is 9.10. The van der Waals surface area contributed by atoms with Gasteiger partial charge in [-0.15, -0.1) is 0 Å². The van der Waals surface area contributed by atoms with Crippen molar-refractivity contribution < 1.29 is 0 Å². The molecular weight excluding hydrogens is 325 g/mol. The standard InChI is InChI=1S/C11H8BrCl2N3/c1-6-15-10(12)5-11(16-6)17-9-3-2-7(13)4-8(9)14/h2-5H,1H3,(H,15,16,17). The maximum Gasteiger partial charge on any atom is 0.135 e. The van der Waals surface area contributed by atoms with Gasteiger partial charge < -0.3 is 5.32 Å². The second-order valence-corrected chi connectivity index (χ2v) is 5.03. The van der Waals surface area contributed by atoms with Crippen LogP contribution in [0.2, 0.25) is 10.0 Å². The van der Waals surface area contributed by atoms with E-state index in [-0.39, 0.29) is 0 Å². The van der Waals surface area contributed by atoms with Crippen molar-refractivity contribution in [3.8, 4) is 0 Å². The van der Waals surface area contributed by atoms with Crippen LogP contribution in [0, 0.1) is 6.92 Å². The lowest BCUT2D eigenvalue weighted by Crippen LogP contribution is -1.97. The Bertz CT molecular complexity index is 540. The summed E-state index contributed by atoms with van der Waals surface area (Å²) >= 11 is 15.2. The minimum Gasteiger partial charge on any atom is -0.339 e. The molecule has 17 heavy (non-hydrogen) atoms. The van der Waals surface area contributed by atoms with E-state index in [1.54, 1.807) is 24.3 Å². The van der Waals surface area contributed by atoms with E-state index >= 15 is 0 Å². The lowest BCUT2D eigenvalue weighted by Gasteiger charge is -2.08. The Labute approximate surface area is 117 Å². The van der Waals surface area contributed by atoms with E-state index in [0.717, 1.165) is 10.3 Å². The molecule has 0 radical (unpaired) electrons.